The molecule has 20 heavy (non-hydrogen) atoms. The molecule has 1 amide bonds. The molecule has 8 heteroatoms. The van der Waals surface area contributed by atoms with Crippen LogP contribution in [0.15, 0.2) is 23.1 Å². The van der Waals surface area contributed by atoms with Crippen LogP contribution < -0.4 is 11.5 Å². The van der Waals surface area contributed by atoms with Crippen LogP contribution in [0.2, 0.25) is 5.02 Å². The van der Waals surface area contributed by atoms with Crippen molar-refractivity contribution in [1.29, 1.82) is 0 Å². The molecule has 1 atom stereocenters. The Hall–Kier alpha value is -1.31. The quantitative estimate of drug-likeness (QED) is 0.804. The Morgan fingerprint density at radius 3 is 2.65 bits per heavy atom. The molecule has 0 aromatic heterocycles. The van der Waals surface area contributed by atoms with Crippen molar-refractivity contribution < 1.29 is 13.2 Å². The Labute approximate surface area is 122 Å². The zero-order valence-corrected chi connectivity index (χ0v) is 12.5. The van der Waals surface area contributed by atoms with E-state index in [1.165, 1.54) is 22.5 Å². The lowest BCUT2D eigenvalue weighted by molar-refractivity contribution is -0.126. The van der Waals surface area contributed by atoms with Gasteiger partial charge in [-0.2, -0.15) is 4.31 Å². The number of carbonyl (C=O) groups is 1. The normalized spacial score (nSPS) is 23.9. The van der Waals surface area contributed by atoms with Crippen LogP contribution in [-0.2, 0) is 14.8 Å². The second-order valence-corrected chi connectivity index (χ2v) is 7.54. The van der Waals surface area contributed by atoms with Crippen LogP contribution in [0, 0.1) is 5.41 Å². The topological polar surface area (TPSA) is 106 Å². The number of amides is 1. The standard InChI is InChI=1S/C12H16ClN3O3S/c1-12(11(15)17)4-5-16(7-12)20(18,19)10-6-8(13)2-3-9(10)14/h2-3,6H,4-5,7,14H2,1H3,(H2,15,17). The Bertz CT molecular complexity index is 662. The van der Waals surface area contributed by atoms with Gasteiger partial charge < -0.3 is 11.5 Å². The summed E-state index contributed by atoms with van der Waals surface area (Å²) in [6.07, 6.45) is 0.391. The molecule has 4 N–H and O–H groups in total. The number of carbonyl (C=O) groups excluding carboxylic acids is 1. The minimum atomic E-state index is -3.78. The molecule has 2 rings (SSSR count). The van der Waals surface area contributed by atoms with Crippen LogP contribution in [-0.4, -0.2) is 31.7 Å². The van der Waals surface area contributed by atoms with E-state index in [-0.39, 0.29) is 28.7 Å². The Morgan fingerprint density at radius 2 is 2.10 bits per heavy atom. The summed E-state index contributed by atoms with van der Waals surface area (Å²) >= 11 is 5.82. The highest BCUT2D eigenvalue weighted by molar-refractivity contribution is 7.89. The molecule has 110 valence electrons. The summed E-state index contributed by atoms with van der Waals surface area (Å²) in [7, 11) is -3.78. The Morgan fingerprint density at radius 1 is 1.45 bits per heavy atom. The van der Waals surface area contributed by atoms with Crippen LogP contribution in [0.5, 0.6) is 0 Å². The van der Waals surface area contributed by atoms with Crippen molar-refractivity contribution in [3.63, 3.8) is 0 Å². The number of halogens is 1. The van der Waals surface area contributed by atoms with Crippen molar-refractivity contribution >= 4 is 33.2 Å². The molecule has 1 aromatic rings. The molecular weight excluding hydrogens is 302 g/mol. The van der Waals surface area contributed by atoms with Gasteiger partial charge >= 0.3 is 0 Å². The van der Waals surface area contributed by atoms with E-state index in [4.69, 9.17) is 23.1 Å². The van der Waals surface area contributed by atoms with E-state index in [2.05, 4.69) is 0 Å². The number of hydrogen-bond donors (Lipinski definition) is 2. The predicted molar refractivity (Wildman–Crippen MR) is 76.5 cm³/mol. The van der Waals surface area contributed by atoms with Crippen LogP contribution in [0.25, 0.3) is 0 Å². The lowest BCUT2D eigenvalue weighted by Crippen LogP contribution is -2.38. The molecule has 0 spiro atoms. The Balaban J connectivity index is 2.38. The molecule has 0 aliphatic carbocycles. The molecule has 1 unspecified atom stereocenters. The maximum absolute atomic E-state index is 12.6. The van der Waals surface area contributed by atoms with E-state index in [1.807, 2.05) is 0 Å². The smallest absolute Gasteiger partial charge is 0.245 e. The number of anilines is 1. The second kappa shape index (κ2) is 4.91. The maximum Gasteiger partial charge on any atom is 0.245 e. The van der Waals surface area contributed by atoms with Gasteiger partial charge in [0.05, 0.1) is 11.1 Å². The molecule has 1 aliphatic rings. The minimum Gasteiger partial charge on any atom is -0.398 e. The molecule has 1 saturated heterocycles. The van der Waals surface area contributed by atoms with Crippen LogP contribution in [0.4, 0.5) is 5.69 Å². The first kappa shape index (κ1) is 15.1. The first-order valence-electron chi connectivity index (χ1n) is 6.02. The highest BCUT2D eigenvalue weighted by Crippen LogP contribution is 2.35. The summed E-state index contributed by atoms with van der Waals surface area (Å²) in [5, 5.41) is 0.287. The fourth-order valence-electron chi connectivity index (χ4n) is 2.20. The van der Waals surface area contributed by atoms with Crippen molar-refractivity contribution in [3.05, 3.63) is 23.2 Å². The summed E-state index contributed by atoms with van der Waals surface area (Å²) in [5.74, 6) is -0.505. The lowest BCUT2D eigenvalue weighted by Gasteiger charge is -2.21. The van der Waals surface area contributed by atoms with Gasteiger partial charge in [-0.05, 0) is 31.5 Å². The number of nitrogens with zero attached hydrogens (tertiary/aromatic N) is 1. The van der Waals surface area contributed by atoms with Crippen LogP contribution in [0.3, 0.4) is 0 Å². The third kappa shape index (κ3) is 2.48. The number of hydrogen-bond acceptors (Lipinski definition) is 4. The van der Waals surface area contributed by atoms with E-state index >= 15 is 0 Å². The predicted octanol–water partition coefficient (Wildman–Crippen LogP) is 0.808. The first-order chi connectivity index (χ1) is 9.17. The van der Waals surface area contributed by atoms with Gasteiger partial charge in [0.25, 0.3) is 0 Å². The molecule has 1 fully saturated rings. The zero-order chi connectivity index (χ0) is 15.1. The van der Waals surface area contributed by atoms with E-state index in [0.717, 1.165) is 0 Å². The molecule has 1 heterocycles. The molecule has 1 aromatic carbocycles. The van der Waals surface area contributed by atoms with Crippen molar-refractivity contribution in [2.24, 2.45) is 11.1 Å². The SMILES string of the molecule is CC1(C(N)=O)CCN(S(=O)(=O)c2cc(Cl)ccc2N)C1. The van der Waals surface area contributed by atoms with E-state index in [9.17, 15) is 13.2 Å². The molecular formula is C12H16ClN3O3S. The van der Waals surface area contributed by atoms with Gasteiger partial charge in [-0.25, -0.2) is 8.42 Å². The van der Waals surface area contributed by atoms with Crippen molar-refractivity contribution in [2.75, 3.05) is 18.8 Å². The van der Waals surface area contributed by atoms with Gasteiger partial charge in [0.1, 0.15) is 4.90 Å². The monoisotopic (exact) mass is 317 g/mol. The molecule has 0 saturated carbocycles. The van der Waals surface area contributed by atoms with Gasteiger partial charge in [-0.15, -0.1) is 0 Å². The number of nitrogen functional groups attached to an aromatic ring is 1. The van der Waals surface area contributed by atoms with Crippen molar-refractivity contribution in [2.45, 2.75) is 18.2 Å². The van der Waals surface area contributed by atoms with E-state index in [0.29, 0.717) is 6.42 Å². The van der Waals surface area contributed by atoms with Crippen molar-refractivity contribution in [3.8, 4) is 0 Å². The number of rotatable bonds is 3. The van der Waals surface area contributed by atoms with Gasteiger partial charge in [-0.3, -0.25) is 4.79 Å². The molecule has 0 bridgehead atoms. The zero-order valence-electron chi connectivity index (χ0n) is 11.0. The second-order valence-electron chi connectivity index (χ2n) is 5.20. The summed E-state index contributed by atoms with van der Waals surface area (Å²) < 4.78 is 26.3. The minimum absolute atomic E-state index is 0.0429. The average molecular weight is 318 g/mol. The summed E-state index contributed by atoms with van der Waals surface area (Å²) in [5.41, 5.74) is 10.3. The maximum atomic E-state index is 12.6. The first-order valence-corrected chi connectivity index (χ1v) is 7.84. The van der Waals surface area contributed by atoms with E-state index in [1.54, 1.807) is 6.92 Å². The lowest BCUT2D eigenvalue weighted by atomic mass is 9.89. The highest BCUT2D eigenvalue weighted by Gasteiger charge is 2.44. The Kier molecular flexibility index (Phi) is 3.70. The summed E-state index contributed by atoms with van der Waals surface area (Å²) in [6.45, 7) is 1.94. The van der Waals surface area contributed by atoms with Crippen LogP contribution >= 0.6 is 11.6 Å². The van der Waals surface area contributed by atoms with Crippen molar-refractivity contribution in [1.82, 2.24) is 4.31 Å². The van der Waals surface area contributed by atoms with Gasteiger partial charge in [0, 0.05) is 18.1 Å². The van der Waals surface area contributed by atoms with E-state index < -0.39 is 21.3 Å². The van der Waals surface area contributed by atoms with Gasteiger partial charge in [0.2, 0.25) is 15.9 Å². The van der Waals surface area contributed by atoms with Crippen LogP contribution in [0.1, 0.15) is 13.3 Å². The number of primary amides is 1. The number of nitrogens with two attached hydrogens (primary N) is 2. The summed E-state index contributed by atoms with van der Waals surface area (Å²) in [4.78, 5) is 11.4. The average Bonchev–Trinajstić information content (AvgIpc) is 2.77. The third-order valence-corrected chi connectivity index (χ3v) is 5.76. The number of sulfonamides is 1. The summed E-state index contributed by atoms with van der Waals surface area (Å²) in [6, 6.07) is 4.28. The van der Waals surface area contributed by atoms with Gasteiger partial charge in [-0.1, -0.05) is 11.6 Å². The highest BCUT2D eigenvalue weighted by atomic mass is 35.5. The number of benzene rings is 1. The fourth-order valence-corrected chi connectivity index (χ4v) is 4.14. The molecule has 0 radical (unpaired) electrons. The largest absolute Gasteiger partial charge is 0.398 e. The molecule has 6 nitrogen and oxygen atoms in total. The fraction of sp³-hybridized carbons (Fsp3) is 0.417. The molecule has 1 aliphatic heterocycles. The van der Waals surface area contributed by atoms with Gasteiger partial charge in [0.15, 0.2) is 0 Å². The third-order valence-electron chi connectivity index (χ3n) is 3.63.